The summed E-state index contributed by atoms with van der Waals surface area (Å²) in [5.74, 6) is -0.634. The molecule has 3 heterocycles. The molecule has 12 heteroatoms. The van der Waals surface area contributed by atoms with Gasteiger partial charge in [-0.15, -0.1) is 5.10 Å². The summed E-state index contributed by atoms with van der Waals surface area (Å²) in [6.07, 6.45) is 2.64. The summed E-state index contributed by atoms with van der Waals surface area (Å²) in [7, 11) is 0. The van der Waals surface area contributed by atoms with Gasteiger partial charge in [0.2, 0.25) is 11.8 Å². The zero-order chi connectivity index (χ0) is 17.8. The summed E-state index contributed by atoms with van der Waals surface area (Å²) in [5, 5.41) is 15.0. The minimum absolute atomic E-state index is 0.0978. The van der Waals surface area contributed by atoms with Gasteiger partial charge in [-0.3, -0.25) is 19.7 Å². The fourth-order valence-electron chi connectivity index (χ4n) is 2.22. The lowest BCUT2D eigenvalue weighted by Gasteiger charge is -2.22. The van der Waals surface area contributed by atoms with E-state index in [1.54, 1.807) is 0 Å². The molecular weight excluding hydrogens is 332 g/mol. The number of urea groups is 1. The van der Waals surface area contributed by atoms with Gasteiger partial charge in [0, 0.05) is 12.6 Å². The topological polar surface area (TPSA) is 153 Å². The summed E-state index contributed by atoms with van der Waals surface area (Å²) in [6, 6.07) is 1.18. The fraction of sp³-hybridized carbons (Fsp3) is 0.308. The van der Waals surface area contributed by atoms with Gasteiger partial charge < -0.3 is 10.6 Å². The Morgan fingerprint density at radius 2 is 2.16 bits per heavy atom. The number of amides is 4. The number of nitrogens with one attached hydrogen (secondary N) is 3. The summed E-state index contributed by atoms with van der Waals surface area (Å²) in [4.78, 5) is 50.1. The number of carbonyl (C=O) groups is 3. The first kappa shape index (κ1) is 16.3. The van der Waals surface area contributed by atoms with Crippen molar-refractivity contribution in [3.63, 3.8) is 0 Å². The van der Waals surface area contributed by atoms with Gasteiger partial charge in [0.1, 0.15) is 18.7 Å². The molecule has 0 radical (unpaired) electrons. The lowest BCUT2D eigenvalue weighted by molar-refractivity contribution is -0.128. The molecule has 3 N–H and O–H groups in total. The van der Waals surface area contributed by atoms with Crippen molar-refractivity contribution in [3.8, 4) is 5.82 Å². The molecule has 0 spiro atoms. The van der Waals surface area contributed by atoms with Gasteiger partial charge in [0.15, 0.2) is 5.82 Å². The highest BCUT2D eigenvalue weighted by atomic mass is 16.2. The van der Waals surface area contributed by atoms with Gasteiger partial charge in [0.05, 0.1) is 13.0 Å². The highest BCUT2D eigenvalue weighted by molar-refractivity contribution is 6.02. The first-order valence-corrected chi connectivity index (χ1v) is 7.34. The average Bonchev–Trinajstić information content (AvgIpc) is 3.10. The third-order valence-corrected chi connectivity index (χ3v) is 3.39. The molecule has 1 fully saturated rings. The third kappa shape index (κ3) is 3.85. The van der Waals surface area contributed by atoms with Crippen LogP contribution in [0.2, 0.25) is 0 Å². The Labute approximate surface area is 140 Å². The molecule has 2 aromatic rings. The maximum atomic E-state index is 12.0. The van der Waals surface area contributed by atoms with Gasteiger partial charge >= 0.3 is 6.03 Å². The van der Waals surface area contributed by atoms with E-state index >= 15 is 0 Å². The Kier molecular flexibility index (Phi) is 4.50. The van der Waals surface area contributed by atoms with E-state index in [0.717, 1.165) is 0 Å². The van der Waals surface area contributed by atoms with Crippen molar-refractivity contribution >= 4 is 17.8 Å². The van der Waals surface area contributed by atoms with E-state index in [0.29, 0.717) is 5.82 Å². The molecule has 1 aliphatic rings. The number of imide groups is 1. The zero-order valence-electron chi connectivity index (χ0n) is 12.9. The molecule has 0 aliphatic carbocycles. The molecule has 0 bridgehead atoms. The Bertz CT molecular complexity index is 843. The van der Waals surface area contributed by atoms with Crippen LogP contribution in [0.5, 0.6) is 0 Å². The Morgan fingerprint density at radius 3 is 2.88 bits per heavy atom. The second-order valence-electron chi connectivity index (χ2n) is 5.16. The van der Waals surface area contributed by atoms with Gasteiger partial charge in [-0.1, -0.05) is 0 Å². The van der Waals surface area contributed by atoms with Crippen LogP contribution in [0.25, 0.3) is 5.82 Å². The smallest absolute Gasteiger partial charge is 0.322 e. The van der Waals surface area contributed by atoms with E-state index in [-0.39, 0.29) is 25.1 Å². The van der Waals surface area contributed by atoms with Crippen molar-refractivity contribution in [1.29, 1.82) is 0 Å². The zero-order valence-corrected chi connectivity index (χ0v) is 12.9. The van der Waals surface area contributed by atoms with Gasteiger partial charge in [-0.2, -0.15) is 5.10 Å². The normalized spacial score (nSPS) is 16.9. The molecule has 2 aromatic heterocycles. The molecule has 130 valence electrons. The molecule has 1 aliphatic heterocycles. The molecule has 1 unspecified atom stereocenters. The van der Waals surface area contributed by atoms with E-state index in [1.807, 2.05) is 5.32 Å². The van der Waals surface area contributed by atoms with Crippen molar-refractivity contribution in [3.05, 3.63) is 35.1 Å². The van der Waals surface area contributed by atoms with Gasteiger partial charge in [-0.05, 0) is 6.07 Å². The van der Waals surface area contributed by atoms with Crippen molar-refractivity contribution < 1.29 is 14.4 Å². The van der Waals surface area contributed by atoms with Crippen molar-refractivity contribution in [1.82, 2.24) is 40.5 Å². The van der Waals surface area contributed by atoms with Crippen molar-refractivity contribution in [2.75, 3.05) is 6.54 Å². The minimum atomic E-state index is -0.938. The molecule has 3 rings (SSSR count). The monoisotopic (exact) mass is 346 g/mol. The van der Waals surface area contributed by atoms with Crippen molar-refractivity contribution in [2.45, 2.75) is 19.0 Å². The first-order chi connectivity index (χ1) is 12.0. The maximum Gasteiger partial charge on any atom is 0.322 e. The highest BCUT2D eigenvalue weighted by Gasteiger charge is 2.28. The van der Waals surface area contributed by atoms with Crippen molar-refractivity contribution in [2.24, 2.45) is 0 Å². The summed E-state index contributed by atoms with van der Waals surface area (Å²) >= 11 is 0. The van der Waals surface area contributed by atoms with Crippen LogP contribution in [-0.4, -0.2) is 55.0 Å². The molecule has 12 nitrogen and oxygen atoms in total. The molecular formula is C13H14N8O4. The van der Waals surface area contributed by atoms with E-state index in [4.69, 9.17) is 0 Å². The Morgan fingerprint density at radius 1 is 1.32 bits per heavy atom. The second-order valence-corrected chi connectivity index (χ2v) is 5.16. The molecule has 1 atom stereocenters. The second kappa shape index (κ2) is 6.90. The lowest BCUT2D eigenvalue weighted by Crippen LogP contribution is -2.57. The lowest BCUT2D eigenvalue weighted by atomic mass is 10.1. The summed E-state index contributed by atoms with van der Waals surface area (Å²) in [5.41, 5.74) is -0.344. The Balaban J connectivity index is 1.59. The summed E-state index contributed by atoms with van der Waals surface area (Å²) in [6.45, 7) is 0.209. The van der Waals surface area contributed by atoms with Crippen LogP contribution in [0.4, 0.5) is 4.79 Å². The van der Waals surface area contributed by atoms with E-state index < -0.39 is 23.9 Å². The first-order valence-electron chi connectivity index (χ1n) is 7.34. The number of carbonyl (C=O) groups excluding carboxylic acids is 3. The minimum Gasteiger partial charge on any atom is -0.352 e. The number of hydrogen-bond acceptors (Lipinski definition) is 7. The third-order valence-electron chi connectivity index (χ3n) is 3.39. The Hall–Kier alpha value is -3.57. The van der Waals surface area contributed by atoms with Crippen LogP contribution in [0.1, 0.15) is 6.42 Å². The van der Waals surface area contributed by atoms with Gasteiger partial charge in [-0.25, -0.2) is 19.1 Å². The van der Waals surface area contributed by atoms with Crippen LogP contribution in [-0.2, 0) is 16.1 Å². The fourth-order valence-corrected chi connectivity index (χ4v) is 2.22. The van der Waals surface area contributed by atoms with Gasteiger partial charge in [0.25, 0.3) is 5.56 Å². The SMILES string of the molecule is O=C1CC(C(=O)NCCn2nc(-n3cncn3)ccc2=O)NC(=O)N1. The molecule has 4 amide bonds. The molecule has 25 heavy (non-hydrogen) atoms. The van der Waals surface area contributed by atoms with Crippen LogP contribution >= 0.6 is 0 Å². The maximum absolute atomic E-state index is 12.0. The van der Waals surface area contributed by atoms with Crippen LogP contribution in [0.3, 0.4) is 0 Å². The van der Waals surface area contributed by atoms with Crippen LogP contribution in [0.15, 0.2) is 29.6 Å². The number of aromatic nitrogens is 5. The predicted molar refractivity (Wildman–Crippen MR) is 81.5 cm³/mol. The van der Waals surface area contributed by atoms with Crippen LogP contribution < -0.4 is 21.5 Å². The van der Waals surface area contributed by atoms with E-state index in [2.05, 4.69) is 25.8 Å². The quantitative estimate of drug-likeness (QED) is 0.542. The highest BCUT2D eigenvalue weighted by Crippen LogP contribution is 1.99. The average molecular weight is 346 g/mol. The standard InChI is InChI=1S/C13H14N8O4/c22-10-5-8(17-13(25)18-10)12(24)15-3-4-20-11(23)2-1-9(19-20)21-7-14-6-16-21/h1-2,6-8H,3-5H2,(H,15,24)(H2,17,18,22,25). The molecule has 1 saturated heterocycles. The number of hydrogen-bond donors (Lipinski definition) is 3. The summed E-state index contributed by atoms with van der Waals surface area (Å²) < 4.78 is 2.56. The van der Waals surface area contributed by atoms with E-state index in [1.165, 1.54) is 34.2 Å². The van der Waals surface area contributed by atoms with Crippen LogP contribution in [0, 0.1) is 0 Å². The predicted octanol–water partition coefficient (Wildman–Crippen LogP) is -2.46. The number of rotatable bonds is 5. The molecule has 0 saturated carbocycles. The largest absolute Gasteiger partial charge is 0.352 e. The molecule has 0 aromatic carbocycles. The number of nitrogens with zero attached hydrogens (tertiary/aromatic N) is 5. The van der Waals surface area contributed by atoms with E-state index in [9.17, 15) is 19.2 Å².